The van der Waals surface area contributed by atoms with E-state index in [-0.39, 0.29) is 19.4 Å². The van der Waals surface area contributed by atoms with Gasteiger partial charge in [0.25, 0.3) is 0 Å². The van der Waals surface area contributed by atoms with Crippen LogP contribution >= 0.6 is 0 Å². The van der Waals surface area contributed by atoms with Gasteiger partial charge in [0.1, 0.15) is 12.7 Å². The van der Waals surface area contributed by atoms with Crippen molar-refractivity contribution in [2.24, 2.45) is 0 Å². The Morgan fingerprint density at radius 2 is 1.63 bits per heavy atom. The number of carbonyl (C=O) groups excluding carboxylic acids is 4. The number of aryl methyl sites for hydroxylation is 2. The summed E-state index contributed by atoms with van der Waals surface area (Å²) in [4.78, 5) is 56.2. The number of hydroxylamine groups is 1. The van der Waals surface area contributed by atoms with E-state index in [1.165, 1.54) is 48.5 Å². The first-order chi connectivity index (χ1) is 22.1. The SMILES string of the molecule is CC(=O)OC[C@@H]1C[C@H](OC(C)=O)[C@@H](OC(C)=O)[C@H](ONC(=O)CCCc2ccc(CNCCc3c(C)[nH]c4ccccc34)cc2)O1. The minimum Gasteiger partial charge on any atom is -0.463 e. The highest BCUT2D eigenvalue weighted by Crippen LogP contribution is 2.27. The minimum absolute atomic E-state index is 0.0954. The fraction of sp³-hybridized carbons (Fsp3) is 0.471. The first-order valence-electron chi connectivity index (χ1n) is 15.5. The van der Waals surface area contributed by atoms with Gasteiger partial charge in [0.05, 0.1) is 6.10 Å². The maximum Gasteiger partial charge on any atom is 0.303 e. The van der Waals surface area contributed by atoms with E-state index in [1.807, 2.05) is 6.07 Å². The second-order valence-corrected chi connectivity index (χ2v) is 11.4. The van der Waals surface area contributed by atoms with Gasteiger partial charge in [-0.05, 0) is 55.5 Å². The lowest BCUT2D eigenvalue weighted by molar-refractivity contribution is -0.293. The van der Waals surface area contributed by atoms with Crippen molar-refractivity contribution in [2.75, 3.05) is 13.2 Å². The lowest BCUT2D eigenvalue weighted by Gasteiger charge is -2.39. The van der Waals surface area contributed by atoms with Crippen molar-refractivity contribution in [2.45, 2.75) is 90.9 Å². The van der Waals surface area contributed by atoms with Crippen molar-refractivity contribution in [1.29, 1.82) is 0 Å². The molecular weight excluding hydrogens is 594 g/mol. The Kier molecular flexibility index (Phi) is 12.7. The summed E-state index contributed by atoms with van der Waals surface area (Å²) in [7, 11) is 0. The van der Waals surface area contributed by atoms with Crippen LogP contribution in [-0.4, -0.2) is 66.6 Å². The first kappa shape index (κ1) is 34.6. The molecule has 3 N–H and O–H groups in total. The summed E-state index contributed by atoms with van der Waals surface area (Å²) in [5.41, 5.74) is 8.36. The van der Waals surface area contributed by atoms with Gasteiger partial charge in [0.15, 0.2) is 6.10 Å². The summed E-state index contributed by atoms with van der Waals surface area (Å²) in [6.45, 7) is 7.28. The van der Waals surface area contributed by atoms with Gasteiger partial charge in [-0.3, -0.25) is 19.2 Å². The predicted molar refractivity (Wildman–Crippen MR) is 168 cm³/mol. The second kappa shape index (κ2) is 16.9. The smallest absolute Gasteiger partial charge is 0.303 e. The third-order valence-electron chi connectivity index (χ3n) is 7.64. The van der Waals surface area contributed by atoms with E-state index in [1.54, 1.807) is 0 Å². The molecule has 0 aliphatic carbocycles. The molecule has 0 bridgehead atoms. The number of benzene rings is 2. The summed E-state index contributed by atoms with van der Waals surface area (Å²) in [5.74, 6) is -2.16. The Morgan fingerprint density at radius 3 is 2.35 bits per heavy atom. The number of aromatic amines is 1. The third-order valence-corrected chi connectivity index (χ3v) is 7.64. The normalized spacial score (nSPS) is 19.4. The number of hydrogen-bond donors (Lipinski definition) is 3. The van der Waals surface area contributed by atoms with Gasteiger partial charge in [-0.15, -0.1) is 0 Å². The zero-order valence-electron chi connectivity index (χ0n) is 26.8. The van der Waals surface area contributed by atoms with Gasteiger partial charge in [-0.2, -0.15) is 0 Å². The van der Waals surface area contributed by atoms with Crippen LogP contribution in [0.2, 0.25) is 0 Å². The standard InChI is InChI=1S/C34H43N3O9/c1-21-28(29-9-5-6-10-30(29)36-21)16-17-35-19-26-14-12-25(13-15-26)8-7-11-32(41)37-46-34-33(44-24(4)40)31(43-23(3)39)18-27(45-34)20-42-22(2)38/h5-6,9-10,12-15,27,31,33-36H,7-8,11,16-20H2,1-4H3,(H,37,41)/t27-,31-,33+,34-/m0/s1. The van der Waals surface area contributed by atoms with Crippen LogP contribution in [0.5, 0.6) is 0 Å². The van der Waals surface area contributed by atoms with Crippen LogP contribution in [-0.2, 0) is 62.3 Å². The number of fused-ring (bicyclic) bond motifs is 1. The van der Waals surface area contributed by atoms with Crippen molar-refractivity contribution < 1.29 is 43.0 Å². The maximum atomic E-state index is 12.6. The quantitative estimate of drug-likeness (QED) is 0.0972. The molecule has 4 atom stereocenters. The van der Waals surface area contributed by atoms with Crippen LogP contribution in [0, 0.1) is 6.92 Å². The molecule has 1 saturated heterocycles. The number of ether oxygens (including phenoxy) is 4. The Balaban J connectivity index is 1.20. The number of nitrogens with one attached hydrogen (secondary N) is 3. The average Bonchev–Trinajstić information content (AvgIpc) is 3.33. The Labute approximate surface area is 268 Å². The number of hydrogen-bond acceptors (Lipinski definition) is 10. The van der Waals surface area contributed by atoms with Crippen LogP contribution in [0.4, 0.5) is 0 Å². The van der Waals surface area contributed by atoms with E-state index in [0.29, 0.717) is 12.8 Å². The number of rotatable bonds is 15. The highest BCUT2D eigenvalue weighted by molar-refractivity contribution is 5.84. The fourth-order valence-electron chi connectivity index (χ4n) is 5.51. The molecule has 0 radical (unpaired) electrons. The van der Waals surface area contributed by atoms with E-state index in [9.17, 15) is 19.2 Å². The van der Waals surface area contributed by atoms with Gasteiger partial charge in [-0.1, -0.05) is 42.5 Å². The molecule has 4 rings (SSSR count). The first-order valence-corrected chi connectivity index (χ1v) is 15.5. The molecule has 0 spiro atoms. The van der Waals surface area contributed by atoms with Crippen LogP contribution < -0.4 is 10.8 Å². The molecule has 248 valence electrons. The number of carbonyl (C=O) groups is 4. The van der Waals surface area contributed by atoms with Gasteiger partial charge in [0.2, 0.25) is 12.2 Å². The molecule has 1 aliphatic rings. The monoisotopic (exact) mass is 637 g/mol. The number of esters is 3. The summed E-state index contributed by atoms with van der Waals surface area (Å²) >= 11 is 0. The number of amides is 1. The lowest BCUT2D eigenvalue weighted by atomic mass is 10.0. The Hall–Kier alpha value is -4.26. The highest BCUT2D eigenvalue weighted by atomic mass is 16.8. The van der Waals surface area contributed by atoms with Crippen LogP contribution in [0.25, 0.3) is 10.9 Å². The lowest BCUT2D eigenvalue weighted by Crippen LogP contribution is -2.55. The molecule has 1 amide bonds. The van der Waals surface area contributed by atoms with Crippen LogP contribution in [0.1, 0.15) is 62.4 Å². The minimum atomic E-state index is -1.29. The second-order valence-electron chi connectivity index (χ2n) is 11.4. The Morgan fingerprint density at radius 1 is 0.913 bits per heavy atom. The number of H-pyrrole nitrogens is 1. The van der Waals surface area contributed by atoms with Crippen LogP contribution in [0.15, 0.2) is 48.5 Å². The van der Waals surface area contributed by atoms with Gasteiger partial charge >= 0.3 is 17.9 Å². The fourth-order valence-corrected chi connectivity index (χ4v) is 5.51. The molecule has 1 aliphatic heterocycles. The molecule has 12 heteroatoms. The largest absolute Gasteiger partial charge is 0.463 e. The van der Waals surface area contributed by atoms with E-state index >= 15 is 0 Å². The molecule has 12 nitrogen and oxygen atoms in total. The van der Waals surface area contributed by atoms with Crippen molar-refractivity contribution in [3.05, 3.63) is 70.9 Å². The Bertz CT molecular complexity index is 1490. The van der Waals surface area contributed by atoms with Crippen molar-refractivity contribution in [3.63, 3.8) is 0 Å². The molecule has 46 heavy (non-hydrogen) atoms. The van der Waals surface area contributed by atoms with E-state index in [0.717, 1.165) is 25.1 Å². The highest BCUT2D eigenvalue weighted by Gasteiger charge is 2.45. The summed E-state index contributed by atoms with van der Waals surface area (Å²) < 4.78 is 21.4. The molecule has 2 aromatic carbocycles. The third kappa shape index (κ3) is 10.4. The molecule has 0 saturated carbocycles. The molecule has 0 unspecified atom stereocenters. The summed E-state index contributed by atoms with van der Waals surface area (Å²) in [6.07, 6.45) is -1.61. The van der Waals surface area contributed by atoms with Gasteiger partial charge in [0, 0.05) is 56.8 Å². The van der Waals surface area contributed by atoms with Gasteiger partial charge in [-0.25, -0.2) is 10.3 Å². The number of para-hydroxylation sites is 1. The molecule has 1 fully saturated rings. The van der Waals surface area contributed by atoms with E-state index < -0.39 is 48.4 Å². The number of aromatic nitrogens is 1. The van der Waals surface area contributed by atoms with Crippen molar-refractivity contribution in [1.82, 2.24) is 15.8 Å². The van der Waals surface area contributed by atoms with E-state index in [2.05, 4.69) is 65.2 Å². The molecule has 1 aromatic heterocycles. The molecular formula is C34H43N3O9. The summed E-state index contributed by atoms with van der Waals surface area (Å²) in [5, 5.41) is 4.80. The zero-order chi connectivity index (χ0) is 33.1. The maximum absolute atomic E-state index is 12.6. The van der Waals surface area contributed by atoms with Crippen LogP contribution in [0.3, 0.4) is 0 Å². The van der Waals surface area contributed by atoms with Crippen molar-refractivity contribution in [3.8, 4) is 0 Å². The predicted octanol–water partition coefficient (Wildman–Crippen LogP) is 3.72. The molecule has 3 aromatic rings. The van der Waals surface area contributed by atoms with E-state index in [4.69, 9.17) is 23.8 Å². The zero-order valence-corrected chi connectivity index (χ0v) is 26.8. The summed E-state index contributed by atoms with van der Waals surface area (Å²) in [6, 6.07) is 16.7. The van der Waals surface area contributed by atoms with Crippen molar-refractivity contribution >= 4 is 34.7 Å². The van der Waals surface area contributed by atoms with Gasteiger partial charge < -0.3 is 29.2 Å². The average molecular weight is 638 g/mol. The topological polar surface area (TPSA) is 154 Å². The molecule has 2 heterocycles.